The molecule has 0 fully saturated rings. The van der Waals surface area contributed by atoms with Crippen molar-refractivity contribution in [3.63, 3.8) is 0 Å². The Balaban J connectivity index is 0.000000329. The van der Waals surface area contributed by atoms with Gasteiger partial charge in [-0.15, -0.1) is 0 Å². The fraction of sp³-hybridized carbons (Fsp3) is 0. The summed E-state index contributed by atoms with van der Waals surface area (Å²) in [6, 6.07) is 17.7. The number of aromatic nitrogens is 4. The van der Waals surface area contributed by atoms with Gasteiger partial charge in [0.15, 0.2) is 0 Å². The minimum Gasteiger partial charge on any atom is -0.545 e. The van der Waals surface area contributed by atoms with Crippen LogP contribution in [0.25, 0.3) is 33.2 Å². The summed E-state index contributed by atoms with van der Waals surface area (Å²) in [5.74, 6) is -2.62. The van der Waals surface area contributed by atoms with Crippen LogP contribution in [0.5, 0.6) is 0 Å². The van der Waals surface area contributed by atoms with E-state index in [2.05, 4.69) is 44.2 Å². The summed E-state index contributed by atoms with van der Waals surface area (Å²) in [6.45, 7) is 0. The van der Waals surface area contributed by atoms with E-state index >= 15 is 0 Å². The molecule has 0 unspecified atom stereocenters. The number of fused-ring (bicyclic) bond motifs is 3. The Morgan fingerprint density at radius 2 is 0.971 bits per heavy atom. The number of rotatable bonds is 3. The Morgan fingerprint density at radius 1 is 0.571 bits per heavy atom. The Kier molecular flexibility index (Phi) is 10.6. The number of carbonyl (C=O) groups excluding carboxylic acids is 2. The molecule has 4 N–H and O–H groups in total. The predicted molar refractivity (Wildman–Crippen MR) is 120 cm³/mol. The van der Waals surface area contributed by atoms with Crippen LogP contribution in [-0.2, 0) is 19.5 Å². The molecule has 0 spiro atoms. The van der Waals surface area contributed by atoms with Crippen molar-refractivity contribution in [3.8, 4) is 11.4 Å². The van der Waals surface area contributed by atoms with Crippen molar-refractivity contribution >= 4 is 33.7 Å². The Bertz CT molecular complexity index is 1320. The maximum Gasteiger partial charge on any atom is 2.00 e. The van der Waals surface area contributed by atoms with Crippen molar-refractivity contribution in [1.29, 1.82) is 0 Å². The monoisotopic (exact) mass is 522 g/mol. The summed E-state index contributed by atoms with van der Waals surface area (Å²) in [5, 5.41) is 23.3. The van der Waals surface area contributed by atoms with Crippen molar-refractivity contribution in [2.24, 2.45) is 0 Å². The molecule has 4 heterocycles. The van der Waals surface area contributed by atoms with E-state index < -0.39 is 11.9 Å². The molecule has 0 bridgehead atoms. The summed E-state index contributed by atoms with van der Waals surface area (Å²) in [7, 11) is 0. The van der Waals surface area contributed by atoms with E-state index in [1.807, 2.05) is 12.1 Å². The first kappa shape index (κ1) is 28.9. The van der Waals surface area contributed by atoms with Crippen LogP contribution in [-0.4, -0.2) is 42.8 Å². The van der Waals surface area contributed by atoms with Crippen molar-refractivity contribution in [2.45, 2.75) is 0 Å². The summed E-state index contributed by atoms with van der Waals surface area (Å²) < 4.78 is 0. The standard InChI is InChI=1S/C12H8N2O4.C12H8N2.2H2O.Zn/c15-11(16)7-1-3-9(13-5-7)10-4-2-8(6-14-10)12(17)18;1-3-9-5-6-10-4-2-8-14-12(10)11(9)13-7-1;;;/h1-6H,(H,15,16)(H,17,18);1-8H;2*1H2;/q;;;;+2/p-2. The first-order valence-corrected chi connectivity index (χ1v) is 9.46. The van der Waals surface area contributed by atoms with E-state index in [9.17, 15) is 19.8 Å². The molecule has 4 aromatic heterocycles. The number of hydrogen-bond acceptors (Lipinski definition) is 8. The molecule has 1 aromatic carbocycles. The molecule has 10 nitrogen and oxygen atoms in total. The number of hydrogen-bond donors (Lipinski definition) is 0. The molecule has 0 saturated carbocycles. The minimum atomic E-state index is -1.31. The van der Waals surface area contributed by atoms with Crippen molar-refractivity contribution in [2.75, 3.05) is 0 Å². The Labute approximate surface area is 211 Å². The maximum absolute atomic E-state index is 10.5. The average molecular weight is 524 g/mol. The SMILES string of the molecule is O.O.O=C([O-])c1ccc(-c2ccc(C(=O)[O-])cn2)nc1.[Zn+2].c1cnc2c(c1)ccc1cccnc12. The number of carbonyl (C=O) groups is 2. The molecule has 35 heavy (non-hydrogen) atoms. The van der Waals surface area contributed by atoms with Crippen LogP contribution >= 0.6 is 0 Å². The number of aromatic carboxylic acids is 2. The van der Waals surface area contributed by atoms with Crippen LogP contribution in [0.15, 0.2) is 85.5 Å². The van der Waals surface area contributed by atoms with Gasteiger partial charge in [0.05, 0.1) is 34.4 Å². The van der Waals surface area contributed by atoms with Crippen LogP contribution < -0.4 is 10.2 Å². The fourth-order valence-electron chi connectivity index (χ4n) is 3.01. The summed E-state index contributed by atoms with van der Waals surface area (Å²) in [6.07, 6.45) is 5.91. The van der Waals surface area contributed by atoms with E-state index in [-0.39, 0.29) is 41.6 Å². The summed E-state index contributed by atoms with van der Waals surface area (Å²) in [4.78, 5) is 37.5. The molecule has 0 amide bonds. The topological polar surface area (TPSA) is 195 Å². The van der Waals surface area contributed by atoms with Gasteiger partial charge >= 0.3 is 19.5 Å². The van der Waals surface area contributed by atoms with Crippen LogP contribution in [0.3, 0.4) is 0 Å². The van der Waals surface area contributed by atoms with E-state index in [1.54, 1.807) is 12.4 Å². The predicted octanol–water partition coefficient (Wildman–Crippen LogP) is 0.00170. The third kappa shape index (κ3) is 6.67. The molecule has 0 aliphatic heterocycles. The van der Waals surface area contributed by atoms with Crippen LogP contribution in [0.1, 0.15) is 20.7 Å². The normalized spacial score (nSPS) is 9.49. The second-order valence-corrected chi connectivity index (χ2v) is 6.65. The van der Waals surface area contributed by atoms with Gasteiger partial charge in [-0.1, -0.05) is 24.3 Å². The van der Waals surface area contributed by atoms with Crippen LogP contribution in [0.2, 0.25) is 0 Å². The average Bonchev–Trinajstić information content (AvgIpc) is 2.84. The molecule has 0 aliphatic carbocycles. The van der Waals surface area contributed by atoms with Gasteiger partial charge in [0, 0.05) is 46.7 Å². The summed E-state index contributed by atoms with van der Waals surface area (Å²) in [5.41, 5.74) is 2.75. The van der Waals surface area contributed by atoms with Crippen LogP contribution in [0, 0.1) is 0 Å². The van der Waals surface area contributed by atoms with Crippen LogP contribution in [0.4, 0.5) is 0 Å². The molecule has 0 saturated heterocycles. The smallest absolute Gasteiger partial charge is 0.545 e. The second-order valence-electron chi connectivity index (χ2n) is 6.65. The zero-order valence-corrected chi connectivity index (χ0v) is 21.2. The first-order chi connectivity index (χ1) is 15.5. The number of nitrogens with zero attached hydrogens (tertiary/aromatic N) is 4. The van der Waals surface area contributed by atoms with E-state index in [4.69, 9.17) is 0 Å². The number of carboxylic acid groups (broad SMARTS) is 2. The zero-order chi connectivity index (χ0) is 22.5. The quantitative estimate of drug-likeness (QED) is 0.232. The molecule has 5 rings (SSSR count). The third-order valence-electron chi connectivity index (χ3n) is 4.61. The molecule has 172 valence electrons. The maximum atomic E-state index is 10.5. The second kappa shape index (κ2) is 12.9. The molecule has 11 heteroatoms. The van der Waals surface area contributed by atoms with Gasteiger partial charge < -0.3 is 30.8 Å². The molecule has 0 aliphatic rings. The van der Waals surface area contributed by atoms with E-state index in [1.165, 1.54) is 24.3 Å². The van der Waals surface area contributed by atoms with Gasteiger partial charge in [0.25, 0.3) is 0 Å². The zero-order valence-electron chi connectivity index (χ0n) is 18.2. The van der Waals surface area contributed by atoms with Gasteiger partial charge in [0.2, 0.25) is 0 Å². The van der Waals surface area contributed by atoms with E-state index in [0.717, 1.165) is 34.2 Å². The van der Waals surface area contributed by atoms with Gasteiger partial charge in [0.1, 0.15) is 0 Å². The molecule has 0 radical (unpaired) electrons. The number of benzene rings is 1. The van der Waals surface area contributed by atoms with Gasteiger partial charge in [-0.2, -0.15) is 0 Å². The number of carboxylic acids is 2. The Hall–Kier alpha value is -4.18. The van der Waals surface area contributed by atoms with Crippen molar-refractivity contribution in [3.05, 3.63) is 96.6 Å². The first-order valence-electron chi connectivity index (χ1n) is 9.46. The van der Waals surface area contributed by atoms with Crippen molar-refractivity contribution < 1.29 is 50.2 Å². The molecule has 5 aromatic rings. The van der Waals surface area contributed by atoms with Gasteiger partial charge in [-0.25, -0.2) is 0 Å². The Morgan fingerprint density at radius 3 is 1.29 bits per heavy atom. The van der Waals surface area contributed by atoms with Crippen molar-refractivity contribution in [1.82, 2.24) is 19.9 Å². The summed E-state index contributed by atoms with van der Waals surface area (Å²) >= 11 is 0. The van der Waals surface area contributed by atoms with Gasteiger partial charge in [-0.3, -0.25) is 19.9 Å². The molecule has 0 atom stereocenters. The molecular weight excluding hydrogens is 506 g/mol. The third-order valence-corrected chi connectivity index (χ3v) is 4.61. The minimum absolute atomic E-state index is 0. The van der Waals surface area contributed by atoms with E-state index in [0.29, 0.717) is 11.4 Å². The number of pyridine rings is 4. The largest absolute Gasteiger partial charge is 2.00 e. The fourth-order valence-corrected chi connectivity index (χ4v) is 3.01. The molecular formula is C24H18N4O6Zn. The van der Waals surface area contributed by atoms with Gasteiger partial charge in [-0.05, 0) is 36.4 Å².